The Hall–Kier alpha value is -1.69. The zero-order valence-electron chi connectivity index (χ0n) is 12.8. The highest BCUT2D eigenvalue weighted by Gasteiger charge is 2.24. The molecule has 0 unspecified atom stereocenters. The average molecular weight is 303 g/mol. The Morgan fingerprint density at radius 1 is 1.00 bits per heavy atom. The summed E-state index contributed by atoms with van der Waals surface area (Å²) >= 11 is 1.71. The minimum absolute atomic E-state index is 0.0751. The molecular formula is C15H21N5S. The van der Waals surface area contributed by atoms with Crippen molar-refractivity contribution in [1.29, 1.82) is 0 Å². The highest BCUT2D eigenvalue weighted by molar-refractivity contribution is 7.15. The van der Waals surface area contributed by atoms with Crippen LogP contribution in [0.4, 0.5) is 10.9 Å². The summed E-state index contributed by atoms with van der Waals surface area (Å²) in [5.74, 6) is 1.06. The molecule has 0 saturated carbocycles. The van der Waals surface area contributed by atoms with Crippen LogP contribution >= 0.6 is 11.3 Å². The average Bonchev–Trinajstić information content (AvgIpc) is 2.98. The molecule has 0 bridgehead atoms. The molecule has 1 saturated heterocycles. The van der Waals surface area contributed by atoms with Crippen LogP contribution in [0.5, 0.6) is 0 Å². The molecule has 2 aromatic rings. The van der Waals surface area contributed by atoms with E-state index in [9.17, 15) is 0 Å². The Bertz CT molecular complexity index is 582. The fourth-order valence-electron chi connectivity index (χ4n) is 2.31. The van der Waals surface area contributed by atoms with E-state index in [0.717, 1.165) is 42.1 Å². The lowest BCUT2D eigenvalue weighted by atomic mass is 9.98. The van der Waals surface area contributed by atoms with Crippen LogP contribution in [0.25, 0.3) is 0 Å². The summed E-state index contributed by atoms with van der Waals surface area (Å²) in [6.45, 7) is 10.4. The largest absolute Gasteiger partial charge is 0.353 e. The summed E-state index contributed by atoms with van der Waals surface area (Å²) in [4.78, 5) is 9.07. The summed E-state index contributed by atoms with van der Waals surface area (Å²) in [5, 5.41) is 10.8. The Kier molecular flexibility index (Phi) is 3.80. The van der Waals surface area contributed by atoms with Gasteiger partial charge in [-0.25, -0.2) is 4.98 Å². The van der Waals surface area contributed by atoms with E-state index in [-0.39, 0.29) is 5.41 Å². The van der Waals surface area contributed by atoms with E-state index in [4.69, 9.17) is 0 Å². The van der Waals surface area contributed by atoms with E-state index < -0.39 is 0 Å². The van der Waals surface area contributed by atoms with Gasteiger partial charge >= 0.3 is 0 Å². The second-order valence-corrected chi connectivity index (χ2v) is 7.26. The molecule has 0 aliphatic carbocycles. The fourth-order valence-corrected chi connectivity index (χ4v) is 3.27. The van der Waals surface area contributed by atoms with E-state index in [2.05, 4.69) is 51.8 Å². The monoisotopic (exact) mass is 303 g/mol. The third kappa shape index (κ3) is 3.15. The molecular weight excluding hydrogens is 282 g/mol. The molecule has 112 valence electrons. The molecule has 1 fully saturated rings. The quantitative estimate of drug-likeness (QED) is 0.853. The maximum Gasteiger partial charge on any atom is 0.208 e. The van der Waals surface area contributed by atoms with Crippen molar-refractivity contribution in [1.82, 2.24) is 15.2 Å². The van der Waals surface area contributed by atoms with E-state index in [0.29, 0.717) is 0 Å². The van der Waals surface area contributed by atoms with Gasteiger partial charge in [-0.1, -0.05) is 38.2 Å². The van der Waals surface area contributed by atoms with Gasteiger partial charge < -0.3 is 9.80 Å². The first kappa shape index (κ1) is 14.3. The van der Waals surface area contributed by atoms with Crippen LogP contribution < -0.4 is 9.80 Å². The van der Waals surface area contributed by atoms with Gasteiger partial charge in [0.2, 0.25) is 5.13 Å². The molecule has 1 aliphatic heterocycles. The summed E-state index contributed by atoms with van der Waals surface area (Å²) in [6.07, 6.45) is 1.85. The summed E-state index contributed by atoms with van der Waals surface area (Å²) < 4.78 is 0. The van der Waals surface area contributed by atoms with E-state index in [1.807, 2.05) is 18.3 Å². The summed E-state index contributed by atoms with van der Waals surface area (Å²) in [6, 6.07) is 6.06. The highest BCUT2D eigenvalue weighted by atomic mass is 32.1. The predicted octanol–water partition coefficient (Wildman–Crippen LogP) is 2.56. The lowest BCUT2D eigenvalue weighted by Gasteiger charge is -2.35. The SMILES string of the molecule is CC(C)(C)c1nnc(N2CCN(c3ccccn3)CC2)s1. The van der Waals surface area contributed by atoms with Crippen LogP contribution in [0.2, 0.25) is 0 Å². The first-order valence-corrected chi connectivity index (χ1v) is 8.10. The second-order valence-electron chi connectivity index (χ2n) is 6.30. The first-order chi connectivity index (χ1) is 10.0. The number of anilines is 2. The van der Waals surface area contributed by atoms with Gasteiger partial charge in [-0.2, -0.15) is 0 Å². The van der Waals surface area contributed by atoms with Gasteiger partial charge in [0.1, 0.15) is 10.8 Å². The van der Waals surface area contributed by atoms with Crippen molar-refractivity contribution >= 4 is 22.3 Å². The van der Waals surface area contributed by atoms with Crippen molar-refractivity contribution in [3.8, 4) is 0 Å². The lowest BCUT2D eigenvalue weighted by molar-refractivity contribution is 0.577. The zero-order valence-corrected chi connectivity index (χ0v) is 13.6. The maximum atomic E-state index is 4.42. The number of nitrogens with zero attached hydrogens (tertiary/aromatic N) is 5. The Balaban J connectivity index is 1.65. The summed E-state index contributed by atoms with van der Waals surface area (Å²) in [7, 11) is 0. The number of hydrogen-bond acceptors (Lipinski definition) is 6. The maximum absolute atomic E-state index is 4.42. The van der Waals surface area contributed by atoms with Crippen molar-refractivity contribution in [2.24, 2.45) is 0 Å². The first-order valence-electron chi connectivity index (χ1n) is 7.29. The third-order valence-corrected chi connectivity index (χ3v) is 4.99. The van der Waals surface area contributed by atoms with Crippen molar-refractivity contribution < 1.29 is 0 Å². The number of piperazine rings is 1. The van der Waals surface area contributed by atoms with Gasteiger partial charge in [-0.3, -0.25) is 0 Å². The molecule has 1 aliphatic rings. The van der Waals surface area contributed by atoms with Gasteiger partial charge in [0.15, 0.2) is 0 Å². The molecule has 0 aromatic carbocycles. The van der Waals surface area contributed by atoms with Gasteiger partial charge in [-0.15, -0.1) is 10.2 Å². The Morgan fingerprint density at radius 3 is 2.29 bits per heavy atom. The van der Waals surface area contributed by atoms with Crippen LogP contribution in [0.1, 0.15) is 25.8 Å². The molecule has 0 amide bonds. The topological polar surface area (TPSA) is 45.2 Å². The zero-order chi connectivity index (χ0) is 14.9. The standard InChI is InChI=1S/C15H21N5S/c1-15(2,3)13-17-18-14(21-13)20-10-8-19(9-11-20)12-6-4-5-7-16-12/h4-7H,8-11H2,1-3H3. The molecule has 5 nitrogen and oxygen atoms in total. The molecule has 0 atom stereocenters. The van der Waals surface area contributed by atoms with Crippen LogP contribution in [0.3, 0.4) is 0 Å². The van der Waals surface area contributed by atoms with Crippen LogP contribution in [0, 0.1) is 0 Å². The molecule has 0 radical (unpaired) electrons. The summed E-state index contributed by atoms with van der Waals surface area (Å²) in [5.41, 5.74) is 0.0751. The Labute approximate surface area is 129 Å². The molecule has 3 heterocycles. The molecule has 0 spiro atoms. The van der Waals surface area contributed by atoms with Gasteiger partial charge in [-0.05, 0) is 12.1 Å². The minimum atomic E-state index is 0.0751. The molecule has 3 rings (SSSR count). The van der Waals surface area contributed by atoms with Gasteiger partial charge in [0, 0.05) is 37.8 Å². The van der Waals surface area contributed by atoms with E-state index in [1.165, 1.54) is 0 Å². The third-order valence-electron chi connectivity index (χ3n) is 3.58. The van der Waals surface area contributed by atoms with Crippen LogP contribution in [0.15, 0.2) is 24.4 Å². The van der Waals surface area contributed by atoms with E-state index in [1.54, 1.807) is 11.3 Å². The number of aromatic nitrogens is 3. The predicted molar refractivity (Wildman–Crippen MR) is 87.3 cm³/mol. The van der Waals surface area contributed by atoms with Crippen molar-refractivity contribution in [3.63, 3.8) is 0 Å². The number of hydrogen-bond donors (Lipinski definition) is 0. The van der Waals surface area contributed by atoms with Crippen LogP contribution in [-0.2, 0) is 5.41 Å². The smallest absolute Gasteiger partial charge is 0.208 e. The normalized spacial score (nSPS) is 16.3. The highest BCUT2D eigenvalue weighted by Crippen LogP contribution is 2.30. The minimum Gasteiger partial charge on any atom is -0.353 e. The molecule has 6 heteroatoms. The molecule has 21 heavy (non-hydrogen) atoms. The van der Waals surface area contributed by atoms with Crippen molar-refractivity contribution in [3.05, 3.63) is 29.4 Å². The number of pyridine rings is 1. The van der Waals surface area contributed by atoms with E-state index >= 15 is 0 Å². The van der Waals surface area contributed by atoms with Crippen LogP contribution in [-0.4, -0.2) is 41.4 Å². The van der Waals surface area contributed by atoms with Gasteiger partial charge in [0.05, 0.1) is 0 Å². The second kappa shape index (κ2) is 5.60. The fraction of sp³-hybridized carbons (Fsp3) is 0.533. The molecule has 0 N–H and O–H groups in total. The van der Waals surface area contributed by atoms with Gasteiger partial charge in [0.25, 0.3) is 0 Å². The number of rotatable bonds is 2. The van der Waals surface area contributed by atoms with Crippen molar-refractivity contribution in [2.75, 3.05) is 36.0 Å². The Morgan fingerprint density at radius 2 is 1.71 bits per heavy atom. The van der Waals surface area contributed by atoms with Crippen molar-refractivity contribution in [2.45, 2.75) is 26.2 Å². The molecule has 2 aromatic heterocycles. The lowest BCUT2D eigenvalue weighted by Crippen LogP contribution is -2.46.